The van der Waals surface area contributed by atoms with Crippen LogP contribution in [0, 0.1) is 0 Å². The molecule has 0 spiro atoms. The maximum Gasteiger partial charge on any atom is 0.409 e. The molecular weight excluding hydrogens is 364 g/mol. The van der Waals surface area contributed by atoms with Crippen molar-refractivity contribution in [3.8, 4) is 11.3 Å². The number of nitrogens with zero attached hydrogens (tertiary/aromatic N) is 3. The Morgan fingerprint density at radius 2 is 2.19 bits per heavy atom. The zero-order chi connectivity index (χ0) is 19.1. The summed E-state index contributed by atoms with van der Waals surface area (Å²) in [7, 11) is 0. The van der Waals surface area contributed by atoms with Gasteiger partial charge in [0, 0.05) is 55.3 Å². The highest BCUT2D eigenvalue weighted by atomic mass is 32.1. The smallest absolute Gasteiger partial charge is 0.409 e. The van der Waals surface area contributed by atoms with Crippen LogP contribution < -0.4 is 5.32 Å². The molecule has 1 fully saturated rings. The maximum absolute atomic E-state index is 12.2. The fourth-order valence-electron chi connectivity index (χ4n) is 3.01. The fraction of sp³-hybridized carbons (Fsp3) is 0.474. The summed E-state index contributed by atoms with van der Waals surface area (Å²) in [5.41, 5.74) is 1.88. The zero-order valence-electron chi connectivity index (χ0n) is 15.4. The molecule has 2 amide bonds. The number of rotatable bonds is 6. The average molecular weight is 388 g/mol. The van der Waals surface area contributed by atoms with Gasteiger partial charge >= 0.3 is 6.09 Å². The monoisotopic (exact) mass is 388 g/mol. The number of carbonyl (C=O) groups is 2. The van der Waals surface area contributed by atoms with Crippen molar-refractivity contribution in [2.75, 3.05) is 19.7 Å². The van der Waals surface area contributed by atoms with Gasteiger partial charge in [-0.05, 0) is 31.9 Å². The summed E-state index contributed by atoms with van der Waals surface area (Å²) >= 11 is 1.56. The molecule has 1 saturated heterocycles. The fourth-order valence-corrected chi connectivity index (χ4v) is 3.82. The highest BCUT2D eigenvalue weighted by molar-refractivity contribution is 7.09. The van der Waals surface area contributed by atoms with E-state index in [4.69, 9.17) is 4.74 Å². The number of pyridine rings is 1. The number of hydrogen-bond donors (Lipinski definition) is 1. The van der Waals surface area contributed by atoms with Crippen LogP contribution in [0.2, 0.25) is 0 Å². The van der Waals surface area contributed by atoms with Crippen LogP contribution in [0.4, 0.5) is 4.79 Å². The third-order valence-corrected chi connectivity index (χ3v) is 5.37. The van der Waals surface area contributed by atoms with Gasteiger partial charge in [0.2, 0.25) is 5.91 Å². The predicted octanol–water partition coefficient (Wildman–Crippen LogP) is 2.87. The predicted molar refractivity (Wildman–Crippen MR) is 103 cm³/mol. The Balaban J connectivity index is 1.41. The number of ether oxygens (including phenoxy) is 1. The molecule has 0 aromatic carbocycles. The van der Waals surface area contributed by atoms with Gasteiger partial charge in [0.15, 0.2) is 0 Å². The Hall–Kier alpha value is -2.48. The number of amides is 2. The first-order valence-electron chi connectivity index (χ1n) is 9.21. The second-order valence-electron chi connectivity index (χ2n) is 6.40. The molecule has 3 heterocycles. The third kappa shape index (κ3) is 5.50. The van der Waals surface area contributed by atoms with Crippen LogP contribution in [-0.4, -0.2) is 52.6 Å². The lowest BCUT2D eigenvalue weighted by Crippen LogP contribution is -2.46. The topological polar surface area (TPSA) is 84.4 Å². The Morgan fingerprint density at radius 3 is 2.89 bits per heavy atom. The number of nitrogens with one attached hydrogen (secondary N) is 1. The molecule has 1 aliphatic rings. The minimum absolute atomic E-state index is 0.0303. The van der Waals surface area contributed by atoms with Crippen molar-refractivity contribution < 1.29 is 14.3 Å². The van der Waals surface area contributed by atoms with E-state index in [1.54, 1.807) is 35.6 Å². The summed E-state index contributed by atoms with van der Waals surface area (Å²) in [6.07, 6.45) is 5.80. The van der Waals surface area contributed by atoms with Gasteiger partial charge in [0.05, 0.1) is 17.3 Å². The van der Waals surface area contributed by atoms with E-state index in [0.29, 0.717) is 32.5 Å². The number of hydrogen-bond acceptors (Lipinski definition) is 6. The molecule has 1 aliphatic heterocycles. The van der Waals surface area contributed by atoms with E-state index in [2.05, 4.69) is 15.3 Å². The van der Waals surface area contributed by atoms with Gasteiger partial charge in [-0.25, -0.2) is 9.78 Å². The lowest BCUT2D eigenvalue weighted by molar-refractivity contribution is -0.122. The van der Waals surface area contributed by atoms with Gasteiger partial charge in [-0.15, -0.1) is 11.3 Å². The van der Waals surface area contributed by atoms with Crippen LogP contribution >= 0.6 is 11.3 Å². The van der Waals surface area contributed by atoms with Crippen LogP contribution in [0.25, 0.3) is 11.3 Å². The van der Waals surface area contributed by atoms with Crippen molar-refractivity contribution in [3.63, 3.8) is 0 Å². The lowest BCUT2D eigenvalue weighted by atomic mass is 10.1. The quantitative estimate of drug-likeness (QED) is 0.823. The third-order valence-electron chi connectivity index (χ3n) is 4.46. The summed E-state index contributed by atoms with van der Waals surface area (Å²) in [6, 6.07) is 3.97. The average Bonchev–Trinajstić information content (AvgIpc) is 3.17. The molecule has 3 rings (SSSR count). The van der Waals surface area contributed by atoms with E-state index in [1.807, 2.05) is 17.5 Å². The number of thiazole rings is 1. The zero-order valence-corrected chi connectivity index (χ0v) is 16.2. The van der Waals surface area contributed by atoms with Gasteiger partial charge in [-0.1, -0.05) is 0 Å². The molecule has 0 bridgehead atoms. The van der Waals surface area contributed by atoms with Crippen LogP contribution in [0.5, 0.6) is 0 Å². The van der Waals surface area contributed by atoms with Crippen molar-refractivity contribution in [1.29, 1.82) is 0 Å². The summed E-state index contributed by atoms with van der Waals surface area (Å²) < 4.78 is 5.01. The van der Waals surface area contributed by atoms with Crippen molar-refractivity contribution in [1.82, 2.24) is 20.2 Å². The minimum atomic E-state index is -0.268. The second kappa shape index (κ2) is 9.45. The van der Waals surface area contributed by atoms with Crippen LogP contribution in [0.3, 0.4) is 0 Å². The number of aromatic nitrogens is 2. The summed E-state index contributed by atoms with van der Waals surface area (Å²) in [4.78, 5) is 34.3. The largest absolute Gasteiger partial charge is 0.450 e. The molecule has 0 radical (unpaired) electrons. The van der Waals surface area contributed by atoms with Crippen molar-refractivity contribution >= 4 is 23.3 Å². The molecule has 0 saturated carbocycles. The molecule has 8 heteroatoms. The summed E-state index contributed by atoms with van der Waals surface area (Å²) in [5, 5.41) is 6.01. The van der Waals surface area contributed by atoms with Gasteiger partial charge < -0.3 is 15.0 Å². The molecule has 2 aromatic rings. The van der Waals surface area contributed by atoms with E-state index >= 15 is 0 Å². The number of carbonyl (C=O) groups excluding carboxylic acids is 2. The molecule has 0 unspecified atom stereocenters. The molecule has 1 N–H and O–H groups in total. The second-order valence-corrected chi connectivity index (χ2v) is 7.34. The van der Waals surface area contributed by atoms with Crippen molar-refractivity contribution in [3.05, 3.63) is 34.9 Å². The lowest BCUT2D eigenvalue weighted by Gasteiger charge is -2.31. The summed E-state index contributed by atoms with van der Waals surface area (Å²) in [6.45, 7) is 3.41. The molecule has 2 aromatic heterocycles. The standard InChI is InChI=1S/C19H24N4O3S/c1-2-26-19(25)23-10-7-15(8-11-23)21-17(24)5-6-18-22-16(13-27-18)14-4-3-9-20-12-14/h3-4,9,12-13,15H,2,5-8,10-11H2,1H3,(H,21,24). The van der Waals surface area contributed by atoms with Crippen molar-refractivity contribution in [2.45, 2.75) is 38.6 Å². The molecule has 0 atom stereocenters. The van der Waals surface area contributed by atoms with Gasteiger partial charge in [0.25, 0.3) is 0 Å². The Morgan fingerprint density at radius 1 is 1.37 bits per heavy atom. The van der Waals surface area contributed by atoms with E-state index in [9.17, 15) is 9.59 Å². The van der Waals surface area contributed by atoms with Crippen molar-refractivity contribution in [2.24, 2.45) is 0 Å². The highest BCUT2D eigenvalue weighted by Crippen LogP contribution is 2.21. The van der Waals surface area contributed by atoms with Crippen LogP contribution in [-0.2, 0) is 16.0 Å². The number of likely N-dealkylation sites (tertiary alicyclic amines) is 1. The highest BCUT2D eigenvalue weighted by Gasteiger charge is 2.24. The van der Waals surface area contributed by atoms with Gasteiger partial charge in [0.1, 0.15) is 0 Å². The Bertz CT molecular complexity index is 757. The number of piperidine rings is 1. The van der Waals surface area contributed by atoms with E-state index in [-0.39, 0.29) is 18.0 Å². The maximum atomic E-state index is 12.2. The molecule has 0 aliphatic carbocycles. The Labute approximate surface area is 162 Å². The number of aryl methyl sites for hydroxylation is 1. The van der Waals surface area contributed by atoms with E-state index in [0.717, 1.165) is 29.1 Å². The first-order chi connectivity index (χ1) is 13.2. The Kier molecular flexibility index (Phi) is 6.75. The van der Waals surface area contributed by atoms with E-state index < -0.39 is 0 Å². The minimum Gasteiger partial charge on any atom is -0.450 e. The van der Waals surface area contributed by atoms with Crippen LogP contribution in [0.1, 0.15) is 31.2 Å². The van der Waals surface area contributed by atoms with Gasteiger partial charge in [-0.2, -0.15) is 0 Å². The molecular formula is C19H24N4O3S. The molecule has 7 nitrogen and oxygen atoms in total. The first kappa shape index (κ1) is 19.3. The van der Waals surface area contributed by atoms with Crippen LogP contribution in [0.15, 0.2) is 29.9 Å². The first-order valence-corrected chi connectivity index (χ1v) is 10.1. The van der Waals surface area contributed by atoms with Gasteiger partial charge in [-0.3, -0.25) is 9.78 Å². The van der Waals surface area contributed by atoms with E-state index in [1.165, 1.54) is 0 Å². The summed E-state index contributed by atoms with van der Waals surface area (Å²) in [5.74, 6) is 0.0303. The molecule has 27 heavy (non-hydrogen) atoms. The molecule has 144 valence electrons. The SMILES string of the molecule is CCOC(=O)N1CCC(NC(=O)CCc2nc(-c3cccnc3)cs2)CC1. The normalized spacial score (nSPS) is 14.8.